The molecule has 1 rings (SSSR count). The minimum atomic E-state index is -0.174. The van der Waals surface area contributed by atoms with Gasteiger partial charge in [0, 0.05) is 13.7 Å². The van der Waals surface area contributed by atoms with Gasteiger partial charge in [0.15, 0.2) is 0 Å². The molecule has 5 heteroatoms. The van der Waals surface area contributed by atoms with Crippen LogP contribution in [0.2, 0.25) is 0 Å². The first-order chi connectivity index (χ1) is 8.19. The second-order valence-electron chi connectivity index (χ2n) is 3.33. The zero-order chi connectivity index (χ0) is 12.7. The Kier molecular flexibility index (Phi) is 5.70. The van der Waals surface area contributed by atoms with Crippen molar-refractivity contribution in [2.45, 2.75) is 6.92 Å². The van der Waals surface area contributed by atoms with Crippen LogP contribution in [-0.4, -0.2) is 37.9 Å². The average molecular weight is 253 g/mol. The predicted molar refractivity (Wildman–Crippen MR) is 67.2 cm³/mol. The largest absolute Gasteiger partial charge is 0.384 e. The lowest BCUT2D eigenvalue weighted by molar-refractivity contribution is 0.0941. The SMILES string of the molecule is COCCNC(=O)c1cc(C)c(C#CCO)s1. The fourth-order valence-electron chi connectivity index (χ4n) is 1.19. The molecule has 0 aliphatic heterocycles. The van der Waals surface area contributed by atoms with Gasteiger partial charge in [-0.1, -0.05) is 11.8 Å². The number of rotatable bonds is 4. The lowest BCUT2D eigenvalue weighted by atomic mass is 10.2. The van der Waals surface area contributed by atoms with Crippen LogP contribution in [0.4, 0.5) is 0 Å². The second-order valence-corrected chi connectivity index (χ2v) is 4.38. The van der Waals surface area contributed by atoms with Gasteiger partial charge in [-0.25, -0.2) is 0 Å². The van der Waals surface area contributed by atoms with E-state index in [0.29, 0.717) is 18.0 Å². The molecule has 92 valence electrons. The van der Waals surface area contributed by atoms with E-state index in [1.165, 1.54) is 11.3 Å². The summed E-state index contributed by atoms with van der Waals surface area (Å²) in [7, 11) is 1.59. The van der Waals surface area contributed by atoms with Crippen LogP contribution in [0, 0.1) is 18.8 Å². The van der Waals surface area contributed by atoms with Crippen molar-refractivity contribution in [3.8, 4) is 11.8 Å². The van der Waals surface area contributed by atoms with Crippen molar-refractivity contribution in [2.75, 3.05) is 26.9 Å². The second kappa shape index (κ2) is 7.07. The molecule has 1 heterocycles. The Morgan fingerprint density at radius 1 is 1.65 bits per heavy atom. The first kappa shape index (κ1) is 13.7. The van der Waals surface area contributed by atoms with E-state index >= 15 is 0 Å². The summed E-state index contributed by atoms with van der Waals surface area (Å²) in [5.74, 6) is 5.27. The number of carbonyl (C=O) groups is 1. The number of aliphatic hydroxyl groups excluding tert-OH is 1. The van der Waals surface area contributed by atoms with Gasteiger partial charge < -0.3 is 15.2 Å². The van der Waals surface area contributed by atoms with Crippen molar-refractivity contribution in [2.24, 2.45) is 0 Å². The van der Waals surface area contributed by atoms with Gasteiger partial charge in [-0.15, -0.1) is 11.3 Å². The molecule has 0 saturated carbocycles. The smallest absolute Gasteiger partial charge is 0.261 e. The molecule has 0 fully saturated rings. The molecule has 0 aliphatic carbocycles. The zero-order valence-electron chi connectivity index (χ0n) is 9.87. The molecule has 1 amide bonds. The van der Waals surface area contributed by atoms with Crippen LogP contribution in [-0.2, 0) is 4.74 Å². The first-order valence-corrected chi connectivity index (χ1v) is 5.98. The number of aryl methyl sites for hydroxylation is 1. The Hall–Kier alpha value is -1.35. The van der Waals surface area contributed by atoms with Gasteiger partial charge >= 0.3 is 0 Å². The summed E-state index contributed by atoms with van der Waals surface area (Å²) in [6.07, 6.45) is 0. The van der Waals surface area contributed by atoms with E-state index in [-0.39, 0.29) is 12.5 Å². The van der Waals surface area contributed by atoms with Crippen molar-refractivity contribution >= 4 is 17.2 Å². The van der Waals surface area contributed by atoms with E-state index in [1.54, 1.807) is 13.2 Å². The quantitative estimate of drug-likeness (QED) is 0.616. The van der Waals surface area contributed by atoms with Crippen molar-refractivity contribution in [3.05, 3.63) is 21.4 Å². The van der Waals surface area contributed by atoms with Crippen LogP contribution < -0.4 is 5.32 Å². The number of thiophene rings is 1. The number of nitrogens with one attached hydrogen (secondary N) is 1. The van der Waals surface area contributed by atoms with E-state index < -0.39 is 0 Å². The number of hydrogen-bond acceptors (Lipinski definition) is 4. The highest BCUT2D eigenvalue weighted by atomic mass is 32.1. The summed E-state index contributed by atoms with van der Waals surface area (Å²) in [5.41, 5.74) is 0.952. The van der Waals surface area contributed by atoms with Crippen LogP contribution in [0.1, 0.15) is 20.1 Å². The molecule has 0 saturated heterocycles. The van der Waals surface area contributed by atoms with Crippen molar-refractivity contribution in [1.82, 2.24) is 5.32 Å². The average Bonchev–Trinajstić information content (AvgIpc) is 2.68. The van der Waals surface area contributed by atoms with Gasteiger partial charge in [-0.2, -0.15) is 0 Å². The summed E-state index contributed by atoms with van der Waals surface area (Å²) in [6, 6.07) is 1.80. The van der Waals surface area contributed by atoms with Crippen molar-refractivity contribution in [1.29, 1.82) is 0 Å². The van der Waals surface area contributed by atoms with Crippen LogP contribution in [0.5, 0.6) is 0 Å². The van der Waals surface area contributed by atoms with Crippen LogP contribution in [0.25, 0.3) is 0 Å². The summed E-state index contributed by atoms with van der Waals surface area (Å²) < 4.78 is 4.85. The molecule has 0 spiro atoms. The molecular weight excluding hydrogens is 238 g/mol. The Balaban J connectivity index is 2.68. The topological polar surface area (TPSA) is 58.6 Å². The fraction of sp³-hybridized carbons (Fsp3) is 0.417. The molecule has 4 nitrogen and oxygen atoms in total. The lowest BCUT2D eigenvalue weighted by Gasteiger charge is -2.01. The van der Waals surface area contributed by atoms with E-state index in [0.717, 1.165) is 10.4 Å². The Morgan fingerprint density at radius 3 is 3.06 bits per heavy atom. The highest BCUT2D eigenvalue weighted by Gasteiger charge is 2.10. The maximum absolute atomic E-state index is 11.7. The van der Waals surface area contributed by atoms with E-state index in [4.69, 9.17) is 9.84 Å². The van der Waals surface area contributed by atoms with Gasteiger partial charge in [0.05, 0.1) is 16.4 Å². The van der Waals surface area contributed by atoms with Gasteiger partial charge in [-0.05, 0) is 18.6 Å². The predicted octanol–water partition coefficient (Wildman–Crippen LogP) is 0.777. The Morgan fingerprint density at radius 2 is 2.41 bits per heavy atom. The minimum absolute atomic E-state index is 0.118. The number of hydrogen-bond donors (Lipinski definition) is 2. The summed E-state index contributed by atoms with van der Waals surface area (Å²) in [4.78, 5) is 13.1. The van der Waals surface area contributed by atoms with E-state index in [2.05, 4.69) is 17.2 Å². The van der Waals surface area contributed by atoms with Gasteiger partial charge in [0.1, 0.15) is 6.61 Å². The van der Waals surface area contributed by atoms with E-state index in [1.807, 2.05) is 6.92 Å². The third-order valence-electron chi connectivity index (χ3n) is 2.01. The van der Waals surface area contributed by atoms with Crippen molar-refractivity contribution < 1.29 is 14.6 Å². The van der Waals surface area contributed by atoms with Crippen LogP contribution in [0.15, 0.2) is 6.07 Å². The molecule has 0 radical (unpaired) electrons. The molecule has 2 N–H and O–H groups in total. The Bertz CT molecular complexity index is 442. The molecule has 0 unspecified atom stereocenters. The molecule has 0 aromatic carbocycles. The van der Waals surface area contributed by atoms with Gasteiger partial charge in [-0.3, -0.25) is 4.79 Å². The summed E-state index contributed by atoms with van der Waals surface area (Å²) >= 11 is 1.33. The van der Waals surface area contributed by atoms with Gasteiger partial charge in [0.25, 0.3) is 5.91 Å². The first-order valence-electron chi connectivity index (χ1n) is 5.16. The molecule has 0 aliphatic rings. The molecule has 1 aromatic rings. The molecular formula is C12H15NO3S. The summed E-state index contributed by atoms with van der Waals surface area (Å²) in [5, 5.41) is 11.4. The molecule has 0 atom stereocenters. The van der Waals surface area contributed by atoms with E-state index in [9.17, 15) is 4.79 Å². The summed E-state index contributed by atoms with van der Waals surface area (Å²) in [6.45, 7) is 2.70. The third-order valence-corrected chi connectivity index (χ3v) is 3.17. The normalized spacial score (nSPS) is 9.59. The van der Waals surface area contributed by atoms with Crippen LogP contribution in [0.3, 0.4) is 0 Å². The Labute approximate surface area is 105 Å². The standard InChI is InChI=1S/C12H15NO3S/c1-9-8-11(12(15)13-5-7-16-2)17-10(9)4-3-6-14/h8,14H,5-7H2,1-2H3,(H,13,15). The maximum atomic E-state index is 11.7. The monoisotopic (exact) mass is 253 g/mol. The number of carbonyl (C=O) groups excluding carboxylic acids is 1. The number of amides is 1. The highest BCUT2D eigenvalue weighted by Crippen LogP contribution is 2.20. The number of ether oxygens (including phenoxy) is 1. The number of aliphatic hydroxyl groups is 1. The highest BCUT2D eigenvalue weighted by molar-refractivity contribution is 7.14. The third kappa shape index (κ3) is 4.19. The van der Waals surface area contributed by atoms with Gasteiger partial charge in [0.2, 0.25) is 0 Å². The number of methoxy groups -OCH3 is 1. The molecule has 0 bridgehead atoms. The maximum Gasteiger partial charge on any atom is 0.261 e. The lowest BCUT2D eigenvalue weighted by Crippen LogP contribution is -2.26. The molecule has 1 aromatic heterocycles. The van der Waals surface area contributed by atoms with Crippen LogP contribution >= 0.6 is 11.3 Å². The zero-order valence-corrected chi connectivity index (χ0v) is 10.7. The minimum Gasteiger partial charge on any atom is -0.384 e. The molecule has 17 heavy (non-hydrogen) atoms. The fourth-order valence-corrected chi connectivity index (χ4v) is 2.16. The van der Waals surface area contributed by atoms with Crippen molar-refractivity contribution in [3.63, 3.8) is 0 Å².